The highest BCUT2D eigenvalue weighted by Crippen LogP contribution is 2.10. The van der Waals surface area contributed by atoms with E-state index in [-0.39, 0.29) is 0 Å². The van der Waals surface area contributed by atoms with Crippen molar-refractivity contribution in [1.82, 2.24) is 0 Å². The van der Waals surface area contributed by atoms with Gasteiger partial charge in [0.1, 0.15) is 0 Å². The lowest BCUT2D eigenvalue weighted by molar-refractivity contribution is 0.424. The minimum atomic E-state index is -0.613. The lowest BCUT2D eigenvalue weighted by Crippen LogP contribution is -2.07. The van der Waals surface area contributed by atoms with E-state index in [1.807, 2.05) is 0 Å². The minimum absolute atomic E-state index is 0.331. The van der Waals surface area contributed by atoms with Crippen LogP contribution in [0, 0.1) is 0 Å². The Bertz CT molecular complexity index is 121. The van der Waals surface area contributed by atoms with E-state index in [4.69, 9.17) is 4.74 Å². The van der Waals surface area contributed by atoms with E-state index in [9.17, 15) is 4.21 Å². The quantitative estimate of drug-likeness (QED) is 0.563. The molecule has 2 nitrogen and oxygen atoms in total. The van der Waals surface area contributed by atoms with Gasteiger partial charge in [-0.15, -0.1) is 0 Å². The first-order valence-electron chi connectivity index (χ1n) is 3.79. The summed E-state index contributed by atoms with van der Waals surface area (Å²) >= 11 is 0. The number of epoxide rings is 1. The van der Waals surface area contributed by atoms with Crippen molar-refractivity contribution in [3.8, 4) is 0 Å². The second-order valence-corrected chi connectivity index (χ2v) is 4.24. The van der Waals surface area contributed by atoms with Gasteiger partial charge in [-0.25, -0.2) is 0 Å². The molecule has 1 unspecified atom stereocenters. The molecule has 0 aromatic carbocycles. The fourth-order valence-electron chi connectivity index (χ4n) is 0.760. The van der Waals surface area contributed by atoms with Crippen molar-refractivity contribution in [2.75, 3.05) is 18.1 Å². The Labute approximate surface area is 64.4 Å². The van der Waals surface area contributed by atoms with Crippen LogP contribution >= 0.6 is 0 Å². The minimum Gasteiger partial charge on any atom is -0.372 e. The van der Waals surface area contributed by atoms with Gasteiger partial charge in [-0.05, 0) is 6.42 Å². The van der Waals surface area contributed by atoms with Crippen LogP contribution in [0.1, 0.15) is 19.8 Å². The van der Waals surface area contributed by atoms with Crippen molar-refractivity contribution in [3.63, 3.8) is 0 Å². The Morgan fingerprint density at radius 3 is 2.90 bits per heavy atom. The van der Waals surface area contributed by atoms with Crippen LogP contribution in [0.25, 0.3) is 0 Å². The van der Waals surface area contributed by atoms with Gasteiger partial charge < -0.3 is 4.74 Å². The van der Waals surface area contributed by atoms with Gasteiger partial charge in [0.25, 0.3) is 0 Å². The molecule has 0 radical (unpaired) electrons. The predicted octanol–water partition coefficient (Wildman–Crippen LogP) is 0.934. The molecule has 0 N–H and O–H groups in total. The van der Waals surface area contributed by atoms with Gasteiger partial charge in [0.2, 0.25) is 0 Å². The molecule has 60 valence electrons. The number of hydrogen-bond acceptors (Lipinski definition) is 2. The molecule has 0 spiro atoms. The highest BCUT2D eigenvalue weighted by Gasteiger charge is 2.24. The lowest BCUT2D eigenvalue weighted by Gasteiger charge is -1.95. The van der Waals surface area contributed by atoms with E-state index in [0.29, 0.717) is 6.10 Å². The fourth-order valence-corrected chi connectivity index (χ4v) is 2.14. The third kappa shape index (κ3) is 3.32. The normalized spacial score (nSPS) is 26.3. The van der Waals surface area contributed by atoms with Crippen LogP contribution in [0.5, 0.6) is 0 Å². The highest BCUT2D eigenvalue weighted by atomic mass is 32.2. The standard InChI is InChI=1S/C7H14O2S/c1-2-3-4-10(8)6-7-5-9-7/h7H,2-6H2,1H3/t7-,10?/m1/s1. The van der Waals surface area contributed by atoms with Gasteiger partial charge in [-0.2, -0.15) is 0 Å². The highest BCUT2D eigenvalue weighted by molar-refractivity contribution is 7.85. The molecule has 1 saturated heterocycles. The molecule has 0 bridgehead atoms. The summed E-state index contributed by atoms with van der Waals surface area (Å²) in [7, 11) is -0.613. The van der Waals surface area contributed by atoms with Crippen molar-refractivity contribution in [1.29, 1.82) is 0 Å². The van der Waals surface area contributed by atoms with Crippen LogP contribution in [-0.2, 0) is 15.5 Å². The molecule has 0 aromatic heterocycles. The Balaban J connectivity index is 1.97. The van der Waals surface area contributed by atoms with Gasteiger partial charge in [0, 0.05) is 16.6 Å². The third-order valence-electron chi connectivity index (χ3n) is 1.50. The monoisotopic (exact) mass is 162 g/mol. The van der Waals surface area contributed by atoms with Crippen molar-refractivity contribution < 1.29 is 8.95 Å². The maximum atomic E-state index is 11.1. The Morgan fingerprint density at radius 2 is 2.40 bits per heavy atom. The summed E-state index contributed by atoms with van der Waals surface area (Å²) in [6.45, 7) is 2.95. The first kappa shape index (κ1) is 8.21. The predicted molar refractivity (Wildman–Crippen MR) is 42.5 cm³/mol. The molecular weight excluding hydrogens is 148 g/mol. The summed E-state index contributed by atoms with van der Waals surface area (Å²) in [4.78, 5) is 0. The molecule has 1 rings (SSSR count). The molecule has 3 heteroatoms. The molecule has 10 heavy (non-hydrogen) atoms. The van der Waals surface area contributed by atoms with Crippen LogP contribution in [0.2, 0.25) is 0 Å². The summed E-state index contributed by atoms with van der Waals surface area (Å²) in [5.41, 5.74) is 0. The van der Waals surface area contributed by atoms with Crippen molar-refractivity contribution in [3.05, 3.63) is 0 Å². The summed E-state index contributed by atoms with van der Waals surface area (Å²) in [5.74, 6) is 1.62. The van der Waals surface area contributed by atoms with Crippen LogP contribution in [-0.4, -0.2) is 28.4 Å². The van der Waals surface area contributed by atoms with Crippen molar-refractivity contribution in [2.45, 2.75) is 25.9 Å². The van der Waals surface area contributed by atoms with E-state index < -0.39 is 10.8 Å². The van der Waals surface area contributed by atoms with E-state index in [1.165, 1.54) is 0 Å². The Morgan fingerprint density at radius 1 is 1.70 bits per heavy atom. The first-order valence-corrected chi connectivity index (χ1v) is 5.28. The summed E-state index contributed by atoms with van der Waals surface area (Å²) in [5, 5.41) is 0. The van der Waals surface area contributed by atoms with E-state index >= 15 is 0 Å². The second-order valence-electron chi connectivity index (χ2n) is 2.62. The maximum absolute atomic E-state index is 11.1. The molecule has 0 aromatic rings. The molecule has 1 fully saturated rings. The lowest BCUT2D eigenvalue weighted by atomic mass is 10.4. The fraction of sp³-hybridized carbons (Fsp3) is 1.00. The number of rotatable bonds is 5. The number of unbranched alkanes of at least 4 members (excludes halogenated alkanes) is 1. The van der Waals surface area contributed by atoms with E-state index in [1.54, 1.807) is 0 Å². The number of ether oxygens (including phenoxy) is 1. The molecule has 1 aliphatic rings. The van der Waals surface area contributed by atoms with Crippen LogP contribution in [0.4, 0.5) is 0 Å². The van der Waals surface area contributed by atoms with Gasteiger partial charge in [0.05, 0.1) is 18.5 Å². The molecule has 0 aliphatic carbocycles. The van der Waals surface area contributed by atoms with Crippen LogP contribution in [0.15, 0.2) is 0 Å². The van der Waals surface area contributed by atoms with Crippen molar-refractivity contribution >= 4 is 10.8 Å². The van der Waals surface area contributed by atoms with Gasteiger partial charge in [-0.1, -0.05) is 13.3 Å². The zero-order chi connectivity index (χ0) is 7.40. The topological polar surface area (TPSA) is 29.6 Å². The van der Waals surface area contributed by atoms with Gasteiger partial charge in [0.15, 0.2) is 0 Å². The summed E-state index contributed by atoms with van der Waals surface area (Å²) in [6.07, 6.45) is 2.55. The molecular formula is C7H14O2S. The second kappa shape index (κ2) is 4.09. The summed E-state index contributed by atoms with van der Waals surface area (Å²) in [6, 6.07) is 0. The zero-order valence-electron chi connectivity index (χ0n) is 6.34. The first-order chi connectivity index (χ1) is 4.83. The third-order valence-corrected chi connectivity index (χ3v) is 2.99. The number of hydrogen-bond donors (Lipinski definition) is 0. The molecule has 0 saturated carbocycles. The SMILES string of the molecule is CCCCS(=O)C[C@H]1CO1. The van der Waals surface area contributed by atoms with Crippen LogP contribution in [0.3, 0.4) is 0 Å². The smallest absolute Gasteiger partial charge is 0.0924 e. The van der Waals surface area contributed by atoms with Crippen LogP contribution < -0.4 is 0 Å². The Hall–Kier alpha value is 0.110. The van der Waals surface area contributed by atoms with E-state index in [2.05, 4.69) is 6.92 Å². The largest absolute Gasteiger partial charge is 0.372 e. The average molecular weight is 162 g/mol. The Kier molecular flexibility index (Phi) is 3.35. The summed E-state index contributed by atoms with van der Waals surface area (Å²) < 4.78 is 16.0. The molecule has 1 heterocycles. The van der Waals surface area contributed by atoms with Gasteiger partial charge in [-0.3, -0.25) is 4.21 Å². The zero-order valence-corrected chi connectivity index (χ0v) is 7.15. The molecule has 0 amide bonds. The maximum Gasteiger partial charge on any atom is 0.0924 e. The van der Waals surface area contributed by atoms with E-state index in [0.717, 1.165) is 31.0 Å². The molecule has 2 atom stereocenters. The molecule has 1 aliphatic heterocycles. The average Bonchev–Trinajstić information content (AvgIpc) is 2.67. The van der Waals surface area contributed by atoms with Crippen molar-refractivity contribution in [2.24, 2.45) is 0 Å². The van der Waals surface area contributed by atoms with Gasteiger partial charge >= 0.3 is 0 Å².